The maximum atomic E-state index is 11.5. The van der Waals surface area contributed by atoms with E-state index >= 15 is 0 Å². The summed E-state index contributed by atoms with van der Waals surface area (Å²) >= 11 is 0. The monoisotopic (exact) mass is 226 g/mol. The van der Waals surface area contributed by atoms with Crippen molar-refractivity contribution in [2.45, 2.75) is 39.2 Å². The Morgan fingerprint density at radius 2 is 2.00 bits per heavy atom. The summed E-state index contributed by atoms with van der Waals surface area (Å²) in [5, 5.41) is 2.91. The molecule has 2 bridgehead atoms. The van der Waals surface area contributed by atoms with Crippen molar-refractivity contribution in [3.8, 4) is 0 Å². The van der Waals surface area contributed by atoms with Gasteiger partial charge in [0.2, 0.25) is 0 Å². The van der Waals surface area contributed by atoms with Gasteiger partial charge in [0.05, 0.1) is 0 Å². The molecule has 2 saturated heterocycles. The molecule has 4 nitrogen and oxygen atoms in total. The Hall–Kier alpha value is -0.770. The van der Waals surface area contributed by atoms with E-state index in [1.165, 1.54) is 25.9 Å². The minimum Gasteiger partial charge on any atom is -0.444 e. The fourth-order valence-electron chi connectivity index (χ4n) is 2.62. The standard InChI is InChI=1S/C12H22N2O2/c1-11(2,3)16-10(15)13-8-12-4-6-14(9-12)7-5-12/h4-9H2,1-3H3,(H,13,15). The van der Waals surface area contributed by atoms with Crippen molar-refractivity contribution in [3.05, 3.63) is 0 Å². The second-order valence-electron chi connectivity index (χ2n) is 6.13. The van der Waals surface area contributed by atoms with Crippen LogP contribution in [0.25, 0.3) is 0 Å². The second kappa shape index (κ2) is 3.91. The SMILES string of the molecule is CC(C)(C)OC(=O)NCC12CCN(CC1)C2. The predicted octanol–water partition coefficient (Wildman–Crippen LogP) is 1.61. The second-order valence-corrected chi connectivity index (χ2v) is 6.13. The van der Waals surface area contributed by atoms with E-state index in [0.717, 1.165) is 13.1 Å². The van der Waals surface area contributed by atoms with Gasteiger partial charge in [-0.05, 0) is 46.7 Å². The van der Waals surface area contributed by atoms with Gasteiger partial charge in [-0.2, -0.15) is 0 Å². The van der Waals surface area contributed by atoms with E-state index in [0.29, 0.717) is 5.41 Å². The van der Waals surface area contributed by atoms with Crippen LogP contribution in [0.3, 0.4) is 0 Å². The average Bonchev–Trinajstić information content (AvgIpc) is 2.72. The van der Waals surface area contributed by atoms with Crippen LogP contribution >= 0.6 is 0 Å². The third-order valence-corrected chi connectivity index (χ3v) is 3.48. The summed E-state index contributed by atoms with van der Waals surface area (Å²) in [4.78, 5) is 14.0. The molecule has 16 heavy (non-hydrogen) atoms. The molecule has 0 aliphatic carbocycles. The van der Waals surface area contributed by atoms with Gasteiger partial charge in [0.1, 0.15) is 5.60 Å². The maximum Gasteiger partial charge on any atom is 0.407 e. The molecule has 2 heterocycles. The van der Waals surface area contributed by atoms with Crippen LogP contribution in [0.4, 0.5) is 4.79 Å². The molecule has 2 aliphatic rings. The Morgan fingerprint density at radius 1 is 1.38 bits per heavy atom. The number of rotatable bonds is 2. The highest BCUT2D eigenvalue weighted by molar-refractivity contribution is 5.67. The van der Waals surface area contributed by atoms with Crippen LogP contribution in [0.5, 0.6) is 0 Å². The van der Waals surface area contributed by atoms with E-state index in [1.54, 1.807) is 0 Å². The normalized spacial score (nSPS) is 32.8. The highest BCUT2D eigenvalue weighted by atomic mass is 16.6. The van der Waals surface area contributed by atoms with Gasteiger partial charge < -0.3 is 15.0 Å². The summed E-state index contributed by atoms with van der Waals surface area (Å²) in [6.45, 7) is 9.94. The van der Waals surface area contributed by atoms with Crippen molar-refractivity contribution >= 4 is 6.09 Å². The summed E-state index contributed by atoms with van der Waals surface area (Å²) in [6.07, 6.45) is 2.14. The Kier molecular flexibility index (Phi) is 2.86. The van der Waals surface area contributed by atoms with Crippen molar-refractivity contribution in [2.75, 3.05) is 26.2 Å². The Labute approximate surface area is 97.3 Å². The molecule has 2 fully saturated rings. The lowest BCUT2D eigenvalue weighted by Crippen LogP contribution is -2.40. The zero-order chi connectivity index (χ0) is 11.8. The molecular weight excluding hydrogens is 204 g/mol. The molecule has 0 saturated carbocycles. The molecular formula is C12H22N2O2. The lowest BCUT2D eigenvalue weighted by atomic mass is 9.85. The molecule has 1 amide bonds. The molecule has 92 valence electrons. The van der Waals surface area contributed by atoms with Crippen molar-refractivity contribution < 1.29 is 9.53 Å². The molecule has 0 aromatic rings. The molecule has 0 spiro atoms. The molecule has 0 aromatic carbocycles. The Bertz CT molecular complexity index is 275. The number of nitrogens with zero attached hydrogens (tertiary/aromatic N) is 1. The summed E-state index contributed by atoms with van der Waals surface area (Å²) < 4.78 is 5.24. The van der Waals surface area contributed by atoms with Gasteiger partial charge >= 0.3 is 6.09 Å². The van der Waals surface area contributed by atoms with Crippen molar-refractivity contribution in [2.24, 2.45) is 5.41 Å². The first-order valence-corrected chi connectivity index (χ1v) is 6.08. The molecule has 4 heteroatoms. The van der Waals surface area contributed by atoms with Crippen molar-refractivity contribution in [1.29, 1.82) is 0 Å². The van der Waals surface area contributed by atoms with E-state index in [2.05, 4.69) is 10.2 Å². The van der Waals surface area contributed by atoms with E-state index < -0.39 is 5.60 Å². The van der Waals surface area contributed by atoms with Crippen LogP contribution in [-0.2, 0) is 4.74 Å². The average molecular weight is 226 g/mol. The van der Waals surface area contributed by atoms with Gasteiger partial charge in [0, 0.05) is 18.5 Å². The number of carbonyl (C=O) groups excluding carboxylic acids is 1. The van der Waals surface area contributed by atoms with Gasteiger partial charge in [-0.1, -0.05) is 0 Å². The van der Waals surface area contributed by atoms with Gasteiger partial charge in [-0.15, -0.1) is 0 Å². The highest BCUT2D eigenvalue weighted by Crippen LogP contribution is 2.39. The third-order valence-electron chi connectivity index (χ3n) is 3.48. The van der Waals surface area contributed by atoms with Gasteiger partial charge in [0.25, 0.3) is 0 Å². The van der Waals surface area contributed by atoms with Crippen LogP contribution in [0.15, 0.2) is 0 Å². The number of alkyl carbamates (subject to hydrolysis) is 1. The Morgan fingerprint density at radius 3 is 2.44 bits per heavy atom. The lowest BCUT2D eigenvalue weighted by Gasteiger charge is -2.26. The maximum absolute atomic E-state index is 11.5. The molecule has 1 N–H and O–H groups in total. The van der Waals surface area contributed by atoms with Crippen LogP contribution in [0.2, 0.25) is 0 Å². The summed E-state index contributed by atoms with van der Waals surface area (Å²) in [5.41, 5.74) is -0.0734. The minimum absolute atomic E-state index is 0.285. The van der Waals surface area contributed by atoms with Crippen LogP contribution in [-0.4, -0.2) is 42.8 Å². The van der Waals surface area contributed by atoms with Crippen LogP contribution in [0, 0.1) is 5.41 Å². The molecule has 0 radical (unpaired) electrons. The van der Waals surface area contributed by atoms with Crippen molar-refractivity contribution in [3.63, 3.8) is 0 Å². The van der Waals surface area contributed by atoms with E-state index in [1.807, 2.05) is 20.8 Å². The first kappa shape index (κ1) is 11.7. The number of fused-ring (bicyclic) bond motifs is 2. The van der Waals surface area contributed by atoms with Crippen LogP contribution in [0.1, 0.15) is 33.6 Å². The predicted molar refractivity (Wildman–Crippen MR) is 62.3 cm³/mol. The van der Waals surface area contributed by atoms with Gasteiger partial charge in [-0.3, -0.25) is 0 Å². The molecule has 0 atom stereocenters. The fourth-order valence-corrected chi connectivity index (χ4v) is 2.62. The number of ether oxygens (including phenoxy) is 1. The highest BCUT2D eigenvalue weighted by Gasteiger charge is 2.43. The molecule has 0 aromatic heterocycles. The summed E-state index contributed by atoms with van der Waals surface area (Å²) in [7, 11) is 0. The van der Waals surface area contributed by atoms with E-state index in [9.17, 15) is 4.79 Å². The first-order valence-electron chi connectivity index (χ1n) is 6.08. The quantitative estimate of drug-likeness (QED) is 0.777. The van der Waals surface area contributed by atoms with Crippen LogP contribution < -0.4 is 5.32 Å². The number of carbonyl (C=O) groups is 1. The zero-order valence-corrected chi connectivity index (χ0v) is 10.5. The number of nitrogens with one attached hydrogen (secondary N) is 1. The largest absolute Gasteiger partial charge is 0.444 e. The first-order chi connectivity index (χ1) is 7.39. The van der Waals surface area contributed by atoms with E-state index in [-0.39, 0.29) is 6.09 Å². The topological polar surface area (TPSA) is 41.6 Å². The van der Waals surface area contributed by atoms with E-state index in [4.69, 9.17) is 4.74 Å². The fraction of sp³-hybridized carbons (Fsp3) is 0.917. The number of amides is 1. The lowest BCUT2D eigenvalue weighted by molar-refractivity contribution is 0.0504. The summed E-state index contributed by atoms with van der Waals surface area (Å²) in [5.74, 6) is 0. The Balaban J connectivity index is 1.77. The van der Waals surface area contributed by atoms with Gasteiger partial charge in [-0.25, -0.2) is 4.79 Å². The number of piperidine rings is 1. The molecule has 2 aliphatic heterocycles. The number of hydrogen-bond acceptors (Lipinski definition) is 3. The van der Waals surface area contributed by atoms with Gasteiger partial charge in [0.15, 0.2) is 0 Å². The summed E-state index contributed by atoms with van der Waals surface area (Å²) in [6, 6.07) is 0. The molecule has 2 rings (SSSR count). The minimum atomic E-state index is -0.404. The zero-order valence-electron chi connectivity index (χ0n) is 10.5. The molecule has 0 unspecified atom stereocenters. The smallest absolute Gasteiger partial charge is 0.407 e. The number of hydrogen-bond donors (Lipinski definition) is 1. The third kappa shape index (κ3) is 2.67. The van der Waals surface area contributed by atoms with Crippen molar-refractivity contribution in [1.82, 2.24) is 10.2 Å².